The van der Waals surface area contributed by atoms with Gasteiger partial charge in [0.1, 0.15) is 0 Å². The molecule has 0 aliphatic rings. The van der Waals surface area contributed by atoms with Crippen molar-refractivity contribution in [2.24, 2.45) is 0 Å². The van der Waals surface area contributed by atoms with Crippen LogP contribution in [0.25, 0.3) is 0 Å². The average Bonchev–Trinajstić information content (AvgIpc) is 2.28. The summed E-state index contributed by atoms with van der Waals surface area (Å²) in [7, 11) is 0. The van der Waals surface area contributed by atoms with E-state index in [4.69, 9.17) is 23.2 Å². The van der Waals surface area contributed by atoms with E-state index in [1.54, 1.807) is 6.07 Å². The second kappa shape index (κ2) is 5.96. The summed E-state index contributed by atoms with van der Waals surface area (Å²) in [5.41, 5.74) is 2.07. The Morgan fingerprint density at radius 2 is 1.89 bits per heavy atom. The summed E-state index contributed by atoms with van der Waals surface area (Å²) in [6.07, 6.45) is 0. The first-order valence-electron chi connectivity index (χ1n) is 5.53. The molecule has 1 atom stereocenters. The molecule has 0 aliphatic carbocycles. The molecule has 0 bridgehead atoms. The quantitative estimate of drug-likeness (QED) is 0.727. The minimum absolute atomic E-state index is 0.115. The molecule has 18 heavy (non-hydrogen) atoms. The van der Waals surface area contributed by atoms with Crippen LogP contribution < -0.4 is 5.32 Å². The van der Waals surface area contributed by atoms with Crippen molar-refractivity contribution in [3.8, 4) is 0 Å². The molecule has 0 amide bonds. The topological polar surface area (TPSA) is 12.0 Å². The lowest BCUT2D eigenvalue weighted by Crippen LogP contribution is -2.07. The van der Waals surface area contributed by atoms with E-state index in [-0.39, 0.29) is 6.04 Å². The van der Waals surface area contributed by atoms with Gasteiger partial charge in [0.05, 0.1) is 0 Å². The molecule has 2 rings (SSSR count). The van der Waals surface area contributed by atoms with Gasteiger partial charge < -0.3 is 5.32 Å². The lowest BCUT2D eigenvalue weighted by molar-refractivity contribution is 0.885. The minimum Gasteiger partial charge on any atom is -0.378 e. The molecule has 0 saturated carbocycles. The maximum atomic E-state index is 6.19. The lowest BCUT2D eigenvalue weighted by Gasteiger charge is -2.17. The van der Waals surface area contributed by atoms with Crippen LogP contribution in [0.15, 0.2) is 46.9 Å². The first-order chi connectivity index (χ1) is 8.56. The van der Waals surface area contributed by atoms with Gasteiger partial charge in [-0.2, -0.15) is 0 Å². The van der Waals surface area contributed by atoms with Crippen molar-refractivity contribution in [2.45, 2.75) is 13.0 Å². The Bertz CT molecular complexity index is 557. The third kappa shape index (κ3) is 3.41. The van der Waals surface area contributed by atoms with Crippen molar-refractivity contribution in [1.82, 2.24) is 0 Å². The van der Waals surface area contributed by atoms with Crippen LogP contribution in [0.2, 0.25) is 10.0 Å². The summed E-state index contributed by atoms with van der Waals surface area (Å²) in [5, 5.41) is 4.73. The van der Waals surface area contributed by atoms with Crippen LogP contribution in [0, 0.1) is 0 Å². The zero-order chi connectivity index (χ0) is 13.1. The second-order valence-corrected chi connectivity index (χ2v) is 5.80. The van der Waals surface area contributed by atoms with Gasteiger partial charge in [0.2, 0.25) is 0 Å². The molecule has 0 saturated heterocycles. The standard InChI is InChI=1S/C14H12BrCl2N/c1-9(13-6-5-11(16)8-14(13)17)18-12-4-2-3-10(15)7-12/h2-9,18H,1H3. The fourth-order valence-corrected chi connectivity index (χ4v) is 2.73. The van der Waals surface area contributed by atoms with E-state index in [1.807, 2.05) is 36.4 Å². The van der Waals surface area contributed by atoms with Crippen molar-refractivity contribution in [3.05, 3.63) is 62.5 Å². The molecule has 1 nitrogen and oxygen atoms in total. The van der Waals surface area contributed by atoms with E-state index in [2.05, 4.69) is 28.2 Å². The molecule has 4 heteroatoms. The van der Waals surface area contributed by atoms with Crippen LogP contribution in [0.3, 0.4) is 0 Å². The Labute approximate surface area is 125 Å². The van der Waals surface area contributed by atoms with Crippen LogP contribution >= 0.6 is 39.1 Å². The average molecular weight is 345 g/mol. The predicted molar refractivity (Wildman–Crippen MR) is 82.6 cm³/mol. The number of hydrogen-bond donors (Lipinski definition) is 1. The van der Waals surface area contributed by atoms with Crippen molar-refractivity contribution < 1.29 is 0 Å². The fraction of sp³-hybridized carbons (Fsp3) is 0.143. The lowest BCUT2D eigenvalue weighted by atomic mass is 10.1. The zero-order valence-electron chi connectivity index (χ0n) is 9.75. The molecule has 2 aromatic carbocycles. The Balaban J connectivity index is 2.19. The first kappa shape index (κ1) is 13.7. The first-order valence-corrected chi connectivity index (χ1v) is 7.08. The summed E-state index contributed by atoms with van der Waals surface area (Å²) in [5.74, 6) is 0. The van der Waals surface area contributed by atoms with Gasteiger partial charge in [-0.25, -0.2) is 0 Å². The zero-order valence-corrected chi connectivity index (χ0v) is 12.9. The number of rotatable bonds is 3. The molecule has 1 N–H and O–H groups in total. The van der Waals surface area contributed by atoms with Crippen LogP contribution in [-0.4, -0.2) is 0 Å². The fourth-order valence-electron chi connectivity index (χ4n) is 1.76. The van der Waals surface area contributed by atoms with Gasteiger partial charge in [-0.05, 0) is 42.8 Å². The SMILES string of the molecule is CC(Nc1cccc(Br)c1)c1ccc(Cl)cc1Cl. The van der Waals surface area contributed by atoms with Crippen molar-refractivity contribution in [3.63, 3.8) is 0 Å². The van der Waals surface area contributed by atoms with E-state index < -0.39 is 0 Å². The van der Waals surface area contributed by atoms with Gasteiger partial charge in [0, 0.05) is 26.2 Å². The monoisotopic (exact) mass is 343 g/mol. The van der Waals surface area contributed by atoms with Crippen LogP contribution in [0.4, 0.5) is 5.69 Å². The highest BCUT2D eigenvalue weighted by molar-refractivity contribution is 9.10. The minimum atomic E-state index is 0.115. The van der Waals surface area contributed by atoms with Gasteiger partial charge >= 0.3 is 0 Å². The second-order valence-electron chi connectivity index (χ2n) is 4.04. The molecule has 0 heterocycles. The summed E-state index contributed by atoms with van der Waals surface area (Å²) in [6.45, 7) is 2.07. The van der Waals surface area contributed by atoms with E-state index in [0.717, 1.165) is 15.7 Å². The third-order valence-electron chi connectivity index (χ3n) is 2.64. The number of nitrogens with one attached hydrogen (secondary N) is 1. The summed E-state index contributed by atoms with van der Waals surface area (Å²) in [6, 6.07) is 13.7. The number of hydrogen-bond acceptors (Lipinski definition) is 1. The molecule has 0 aromatic heterocycles. The molecule has 0 fully saturated rings. The highest BCUT2D eigenvalue weighted by atomic mass is 79.9. The van der Waals surface area contributed by atoms with Gasteiger partial charge in [-0.15, -0.1) is 0 Å². The molecule has 0 spiro atoms. The van der Waals surface area contributed by atoms with Crippen LogP contribution in [0.1, 0.15) is 18.5 Å². The maximum absolute atomic E-state index is 6.19. The summed E-state index contributed by atoms with van der Waals surface area (Å²) >= 11 is 15.5. The van der Waals surface area contributed by atoms with Crippen molar-refractivity contribution in [1.29, 1.82) is 0 Å². The Morgan fingerprint density at radius 3 is 2.56 bits per heavy atom. The van der Waals surface area contributed by atoms with Gasteiger partial charge in [0.25, 0.3) is 0 Å². The van der Waals surface area contributed by atoms with Crippen molar-refractivity contribution >= 4 is 44.8 Å². The van der Waals surface area contributed by atoms with Crippen molar-refractivity contribution in [2.75, 3.05) is 5.32 Å². The molecular weight excluding hydrogens is 333 g/mol. The molecule has 0 aliphatic heterocycles. The smallest absolute Gasteiger partial charge is 0.0500 e. The number of halogens is 3. The third-order valence-corrected chi connectivity index (χ3v) is 3.69. The highest BCUT2D eigenvalue weighted by Gasteiger charge is 2.09. The summed E-state index contributed by atoms with van der Waals surface area (Å²) < 4.78 is 1.04. The van der Waals surface area contributed by atoms with Gasteiger partial charge in [-0.3, -0.25) is 0 Å². The van der Waals surface area contributed by atoms with Crippen LogP contribution in [-0.2, 0) is 0 Å². The van der Waals surface area contributed by atoms with Gasteiger partial charge in [-0.1, -0.05) is 51.3 Å². The largest absolute Gasteiger partial charge is 0.378 e. The number of anilines is 1. The molecule has 2 aromatic rings. The summed E-state index contributed by atoms with van der Waals surface area (Å²) in [4.78, 5) is 0. The number of benzene rings is 2. The van der Waals surface area contributed by atoms with E-state index in [1.165, 1.54) is 0 Å². The van der Waals surface area contributed by atoms with E-state index >= 15 is 0 Å². The Hall–Kier alpha value is -0.700. The van der Waals surface area contributed by atoms with E-state index in [0.29, 0.717) is 10.0 Å². The van der Waals surface area contributed by atoms with Crippen LogP contribution in [0.5, 0.6) is 0 Å². The Kier molecular flexibility index (Phi) is 4.55. The van der Waals surface area contributed by atoms with Gasteiger partial charge in [0.15, 0.2) is 0 Å². The molecule has 94 valence electrons. The highest BCUT2D eigenvalue weighted by Crippen LogP contribution is 2.29. The molecular formula is C14H12BrCl2N. The maximum Gasteiger partial charge on any atom is 0.0500 e. The normalized spacial score (nSPS) is 12.2. The predicted octanol–water partition coefficient (Wildman–Crippen LogP) is 5.93. The molecule has 0 radical (unpaired) electrons. The Morgan fingerprint density at radius 1 is 1.11 bits per heavy atom. The van der Waals surface area contributed by atoms with E-state index in [9.17, 15) is 0 Å². The molecule has 1 unspecified atom stereocenters.